The van der Waals surface area contributed by atoms with Crippen LogP contribution in [0.4, 0.5) is 0 Å². The van der Waals surface area contributed by atoms with Crippen molar-refractivity contribution in [2.45, 2.75) is 38.5 Å². The predicted molar refractivity (Wildman–Crippen MR) is 75.6 cm³/mol. The third-order valence-corrected chi connectivity index (χ3v) is 3.55. The summed E-state index contributed by atoms with van der Waals surface area (Å²) in [5, 5.41) is 10.2. The van der Waals surface area contributed by atoms with Gasteiger partial charge in [-0.3, -0.25) is 4.90 Å². The highest BCUT2D eigenvalue weighted by Crippen LogP contribution is 2.22. The van der Waals surface area contributed by atoms with Crippen molar-refractivity contribution in [2.75, 3.05) is 32.9 Å². The average Bonchev–Trinajstić information content (AvgIpc) is 2.94. The molecule has 2 rings (SSSR count). The van der Waals surface area contributed by atoms with Gasteiger partial charge in [0, 0.05) is 19.1 Å². The van der Waals surface area contributed by atoms with Crippen molar-refractivity contribution in [2.24, 2.45) is 0 Å². The molecule has 114 valence electrons. The number of nitrogens with zero attached hydrogens (tertiary/aromatic N) is 1. The lowest BCUT2D eigenvalue weighted by Gasteiger charge is -2.36. The molecule has 1 aliphatic heterocycles. The lowest BCUT2D eigenvalue weighted by atomic mass is 10.1. The van der Waals surface area contributed by atoms with E-state index >= 15 is 0 Å². The van der Waals surface area contributed by atoms with Crippen LogP contribution in [0.25, 0.3) is 0 Å². The van der Waals surface area contributed by atoms with Crippen LogP contribution in [0.15, 0.2) is 22.8 Å². The van der Waals surface area contributed by atoms with E-state index in [1.54, 1.807) is 18.4 Å². The van der Waals surface area contributed by atoms with E-state index in [1.165, 1.54) is 0 Å². The van der Waals surface area contributed by atoms with Crippen molar-refractivity contribution in [1.29, 1.82) is 0 Å². The zero-order chi connectivity index (χ0) is 14.4. The maximum Gasteiger partial charge on any atom is 0.132 e. The molecule has 0 radical (unpaired) electrons. The molecule has 1 saturated heterocycles. The van der Waals surface area contributed by atoms with Crippen molar-refractivity contribution >= 4 is 0 Å². The highest BCUT2D eigenvalue weighted by molar-refractivity contribution is 5.02. The molecule has 1 fully saturated rings. The van der Waals surface area contributed by atoms with E-state index in [1.807, 2.05) is 13.8 Å². The Kier molecular flexibility index (Phi) is 6.04. The van der Waals surface area contributed by atoms with Crippen LogP contribution >= 0.6 is 0 Å². The molecule has 0 bridgehead atoms. The van der Waals surface area contributed by atoms with Crippen molar-refractivity contribution in [3.63, 3.8) is 0 Å². The number of aliphatic hydroxyl groups is 1. The van der Waals surface area contributed by atoms with Gasteiger partial charge in [0.05, 0.1) is 32.2 Å². The van der Waals surface area contributed by atoms with Gasteiger partial charge in [0.15, 0.2) is 0 Å². The second-order valence-corrected chi connectivity index (χ2v) is 5.45. The minimum absolute atomic E-state index is 0.208. The van der Waals surface area contributed by atoms with Gasteiger partial charge in [0.2, 0.25) is 0 Å². The molecular weight excluding hydrogens is 258 g/mol. The first-order chi connectivity index (χ1) is 9.66. The average molecular weight is 283 g/mol. The number of ether oxygens (including phenoxy) is 2. The summed E-state index contributed by atoms with van der Waals surface area (Å²) in [6.45, 7) is 7.95. The SMILES string of the molecule is CC(C)OCCN1CCOCC1CC(O)c1ccco1. The fraction of sp³-hybridized carbons (Fsp3) is 0.733. The number of furan rings is 1. The first kappa shape index (κ1) is 15.5. The standard InChI is InChI=1S/C15H25NO4/c1-12(2)19-9-6-16-5-8-18-11-13(16)10-14(17)15-4-3-7-20-15/h3-4,7,12-14,17H,5-6,8-11H2,1-2H3. The Morgan fingerprint density at radius 2 is 2.35 bits per heavy atom. The molecule has 0 spiro atoms. The number of rotatable bonds is 7. The molecule has 0 aliphatic carbocycles. The summed E-state index contributed by atoms with van der Waals surface area (Å²) in [7, 11) is 0. The predicted octanol–water partition coefficient (Wildman–Crippen LogP) is 1.83. The zero-order valence-electron chi connectivity index (χ0n) is 12.3. The lowest BCUT2D eigenvalue weighted by Crippen LogP contribution is -2.47. The monoisotopic (exact) mass is 283 g/mol. The summed E-state index contributed by atoms with van der Waals surface area (Å²) >= 11 is 0. The van der Waals surface area contributed by atoms with Crippen molar-refractivity contribution < 1.29 is 19.0 Å². The van der Waals surface area contributed by atoms with Gasteiger partial charge in [-0.25, -0.2) is 0 Å². The minimum Gasteiger partial charge on any atom is -0.467 e. The Labute approximate surface area is 120 Å². The van der Waals surface area contributed by atoms with Gasteiger partial charge in [-0.15, -0.1) is 0 Å². The van der Waals surface area contributed by atoms with E-state index in [9.17, 15) is 5.11 Å². The zero-order valence-corrected chi connectivity index (χ0v) is 12.3. The lowest BCUT2D eigenvalue weighted by molar-refractivity contribution is -0.0427. The summed E-state index contributed by atoms with van der Waals surface area (Å²) in [5.41, 5.74) is 0. The van der Waals surface area contributed by atoms with E-state index in [-0.39, 0.29) is 12.1 Å². The molecule has 0 amide bonds. The van der Waals surface area contributed by atoms with E-state index < -0.39 is 6.10 Å². The van der Waals surface area contributed by atoms with Gasteiger partial charge >= 0.3 is 0 Å². The Morgan fingerprint density at radius 3 is 3.05 bits per heavy atom. The molecule has 1 aliphatic rings. The maximum absolute atomic E-state index is 10.2. The molecule has 1 aromatic rings. The largest absolute Gasteiger partial charge is 0.467 e. The van der Waals surface area contributed by atoms with Crippen LogP contribution in [0.1, 0.15) is 32.1 Å². The van der Waals surface area contributed by atoms with Crippen molar-refractivity contribution in [3.8, 4) is 0 Å². The second kappa shape index (κ2) is 7.78. The fourth-order valence-corrected chi connectivity index (χ4v) is 2.46. The van der Waals surface area contributed by atoms with Gasteiger partial charge < -0.3 is 19.0 Å². The fourth-order valence-electron chi connectivity index (χ4n) is 2.46. The Morgan fingerprint density at radius 1 is 1.50 bits per heavy atom. The summed E-state index contributed by atoms with van der Waals surface area (Å²) in [5.74, 6) is 0.619. The van der Waals surface area contributed by atoms with Crippen LogP contribution in [0.3, 0.4) is 0 Å². The molecular formula is C15H25NO4. The molecule has 5 nitrogen and oxygen atoms in total. The van der Waals surface area contributed by atoms with E-state index in [0.29, 0.717) is 25.4 Å². The molecule has 20 heavy (non-hydrogen) atoms. The van der Waals surface area contributed by atoms with Gasteiger partial charge in [0.25, 0.3) is 0 Å². The van der Waals surface area contributed by atoms with Crippen LogP contribution in [-0.4, -0.2) is 55.1 Å². The first-order valence-electron chi connectivity index (χ1n) is 7.31. The number of morpholine rings is 1. The summed E-state index contributed by atoms with van der Waals surface area (Å²) in [6, 6.07) is 3.81. The Balaban J connectivity index is 1.83. The van der Waals surface area contributed by atoms with Gasteiger partial charge in [0.1, 0.15) is 11.9 Å². The number of hydrogen-bond acceptors (Lipinski definition) is 5. The molecule has 2 atom stereocenters. The molecule has 0 saturated carbocycles. The van der Waals surface area contributed by atoms with Gasteiger partial charge in [-0.05, 0) is 32.4 Å². The molecule has 1 aromatic heterocycles. The maximum atomic E-state index is 10.2. The van der Waals surface area contributed by atoms with E-state index in [2.05, 4.69) is 4.90 Å². The van der Waals surface area contributed by atoms with Crippen LogP contribution < -0.4 is 0 Å². The summed E-state index contributed by atoms with van der Waals surface area (Å²) in [4.78, 5) is 2.33. The number of hydrogen-bond donors (Lipinski definition) is 1. The first-order valence-corrected chi connectivity index (χ1v) is 7.31. The molecule has 2 unspecified atom stereocenters. The third kappa shape index (κ3) is 4.59. The van der Waals surface area contributed by atoms with Gasteiger partial charge in [-0.1, -0.05) is 0 Å². The van der Waals surface area contributed by atoms with Gasteiger partial charge in [-0.2, -0.15) is 0 Å². The topological polar surface area (TPSA) is 55.1 Å². The molecule has 1 N–H and O–H groups in total. The van der Waals surface area contributed by atoms with Crippen LogP contribution in [0, 0.1) is 0 Å². The smallest absolute Gasteiger partial charge is 0.132 e. The molecule has 2 heterocycles. The summed E-state index contributed by atoms with van der Waals surface area (Å²) in [6.07, 6.45) is 1.88. The minimum atomic E-state index is -0.579. The van der Waals surface area contributed by atoms with E-state index in [0.717, 1.165) is 19.7 Å². The molecule has 5 heteroatoms. The summed E-state index contributed by atoms with van der Waals surface area (Å²) < 4.78 is 16.4. The van der Waals surface area contributed by atoms with E-state index in [4.69, 9.17) is 13.9 Å². The quantitative estimate of drug-likeness (QED) is 0.827. The third-order valence-electron chi connectivity index (χ3n) is 3.55. The Hall–Kier alpha value is -0.880. The highest BCUT2D eigenvalue weighted by atomic mass is 16.5. The van der Waals surface area contributed by atoms with Crippen molar-refractivity contribution in [1.82, 2.24) is 4.90 Å². The van der Waals surface area contributed by atoms with Crippen molar-refractivity contribution in [3.05, 3.63) is 24.2 Å². The van der Waals surface area contributed by atoms with Crippen LogP contribution in [0.5, 0.6) is 0 Å². The molecule has 0 aromatic carbocycles. The normalized spacial score (nSPS) is 22.3. The Bertz CT molecular complexity index is 366. The van der Waals surface area contributed by atoms with Crippen LogP contribution in [0.2, 0.25) is 0 Å². The van der Waals surface area contributed by atoms with Crippen LogP contribution in [-0.2, 0) is 9.47 Å². The highest BCUT2D eigenvalue weighted by Gasteiger charge is 2.26. The number of aliphatic hydroxyl groups excluding tert-OH is 1. The second-order valence-electron chi connectivity index (χ2n) is 5.45.